The fraction of sp³-hybridized carbons (Fsp3) is 0.235. The summed E-state index contributed by atoms with van der Waals surface area (Å²) in [5.74, 6) is -0.203. The highest BCUT2D eigenvalue weighted by atomic mass is 16.5. The van der Waals surface area contributed by atoms with E-state index in [1.54, 1.807) is 19.1 Å². The van der Waals surface area contributed by atoms with E-state index < -0.39 is 12.1 Å². The molecule has 0 heterocycles. The van der Waals surface area contributed by atoms with Crippen molar-refractivity contribution in [2.24, 2.45) is 0 Å². The highest BCUT2D eigenvalue weighted by molar-refractivity contribution is 5.80. The van der Waals surface area contributed by atoms with Gasteiger partial charge in [0.1, 0.15) is 5.75 Å². The predicted molar refractivity (Wildman–Crippen MR) is 80.0 cm³/mol. The van der Waals surface area contributed by atoms with Crippen LogP contribution in [0.3, 0.4) is 0 Å². The van der Waals surface area contributed by atoms with Gasteiger partial charge in [-0.15, -0.1) is 0 Å². The van der Waals surface area contributed by atoms with Crippen LogP contribution in [0.25, 0.3) is 11.1 Å². The first-order valence-electron chi connectivity index (χ1n) is 6.76. The number of hydrogen-bond acceptors (Lipinski definition) is 4. The number of aliphatic hydroxyl groups excluding tert-OH is 1. The average molecular weight is 286 g/mol. The highest BCUT2D eigenvalue weighted by Gasteiger charge is 2.24. The molecule has 0 aliphatic rings. The minimum atomic E-state index is -1.36. The monoisotopic (exact) mass is 286 g/mol. The molecule has 0 spiro atoms. The number of methoxy groups -OCH3 is 1. The summed E-state index contributed by atoms with van der Waals surface area (Å²) in [6, 6.07) is 15.0. The Kier molecular flexibility index (Phi) is 4.95. The van der Waals surface area contributed by atoms with Crippen molar-refractivity contribution in [3.8, 4) is 16.9 Å². The number of aliphatic hydroxyl groups is 1. The zero-order valence-corrected chi connectivity index (χ0v) is 12.1. The van der Waals surface area contributed by atoms with E-state index in [2.05, 4.69) is 0 Å². The van der Waals surface area contributed by atoms with Gasteiger partial charge >= 0.3 is 5.97 Å². The van der Waals surface area contributed by atoms with Crippen LogP contribution in [0, 0.1) is 0 Å². The van der Waals surface area contributed by atoms with E-state index in [1.807, 2.05) is 36.4 Å². The maximum Gasteiger partial charge on any atom is 0.339 e. The van der Waals surface area contributed by atoms with Gasteiger partial charge in [0.2, 0.25) is 0 Å². The van der Waals surface area contributed by atoms with Crippen LogP contribution < -0.4 is 4.74 Å². The van der Waals surface area contributed by atoms with Crippen molar-refractivity contribution in [1.29, 1.82) is 0 Å². The Morgan fingerprint density at radius 3 is 2.48 bits per heavy atom. The fourth-order valence-electron chi connectivity index (χ4n) is 2.19. The van der Waals surface area contributed by atoms with E-state index in [0.717, 1.165) is 11.1 Å². The lowest BCUT2D eigenvalue weighted by molar-refractivity contribution is -0.153. The first-order valence-corrected chi connectivity index (χ1v) is 6.76. The SMILES string of the molecule is CCOC(=O)[C@H](O)c1cccc(-c2ccccc2)c1OC. The first-order chi connectivity index (χ1) is 10.2. The Balaban J connectivity index is 2.47. The molecule has 0 saturated carbocycles. The maximum absolute atomic E-state index is 11.7. The van der Waals surface area contributed by atoms with E-state index in [9.17, 15) is 9.90 Å². The summed E-state index contributed by atoms with van der Waals surface area (Å²) in [6.07, 6.45) is -1.36. The maximum atomic E-state index is 11.7. The molecule has 110 valence electrons. The van der Waals surface area contributed by atoms with Crippen molar-refractivity contribution in [1.82, 2.24) is 0 Å². The van der Waals surface area contributed by atoms with Crippen molar-refractivity contribution < 1.29 is 19.4 Å². The summed E-state index contributed by atoms with van der Waals surface area (Å²) in [5, 5.41) is 10.1. The summed E-state index contributed by atoms with van der Waals surface area (Å²) < 4.78 is 10.3. The summed E-state index contributed by atoms with van der Waals surface area (Å²) in [5.41, 5.74) is 2.17. The van der Waals surface area contributed by atoms with Gasteiger partial charge in [0.25, 0.3) is 0 Å². The molecule has 1 N–H and O–H groups in total. The van der Waals surface area contributed by atoms with Crippen molar-refractivity contribution >= 4 is 5.97 Å². The molecule has 4 heteroatoms. The number of para-hydroxylation sites is 1. The number of esters is 1. The average Bonchev–Trinajstić information content (AvgIpc) is 2.54. The second-order valence-electron chi connectivity index (χ2n) is 4.45. The molecular formula is C17H18O4. The van der Waals surface area contributed by atoms with Gasteiger partial charge in [-0.2, -0.15) is 0 Å². The molecule has 0 unspecified atom stereocenters. The third kappa shape index (κ3) is 3.23. The van der Waals surface area contributed by atoms with E-state index in [1.165, 1.54) is 7.11 Å². The number of carbonyl (C=O) groups is 1. The summed E-state index contributed by atoms with van der Waals surface area (Å²) in [6.45, 7) is 1.92. The van der Waals surface area contributed by atoms with E-state index in [4.69, 9.17) is 9.47 Å². The predicted octanol–water partition coefficient (Wildman–Crippen LogP) is 2.96. The molecule has 2 aromatic carbocycles. The van der Waals surface area contributed by atoms with E-state index in [0.29, 0.717) is 11.3 Å². The largest absolute Gasteiger partial charge is 0.496 e. The molecule has 0 radical (unpaired) electrons. The van der Waals surface area contributed by atoms with Gasteiger partial charge in [-0.1, -0.05) is 48.5 Å². The minimum absolute atomic E-state index is 0.219. The van der Waals surface area contributed by atoms with Crippen LogP contribution in [-0.2, 0) is 9.53 Å². The molecule has 2 rings (SSSR count). The zero-order chi connectivity index (χ0) is 15.2. The Morgan fingerprint density at radius 2 is 1.86 bits per heavy atom. The number of benzene rings is 2. The van der Waals surface area contributed by atoms with Gasteiger partial charge in [0, 0.05) is 11.1 Å². The molecule has 0 aromatic heterocycles. The molecule has 0 fully saturated rings. The van der Waals surface area contributed by atoms with Crippen LogP contribution in [0.4, 0.5) is 0 Å². The summed E-state index contributed by atoms with van der Waals surface area (Å²) >= 11 is 0. The lowest BCUT2D eigenvalue weighted by Crippen LogP contribution is -2.16. The van der Waals surface area contributed by atoms with Crippen LogP contribution in [0.15, 0.2) is 48.5 Å². The van der Waals surface area contributed by atoms with E-state index >= 15 is 0 Å². The molecule has 0 bridgehead atoms. The highest BCUT2D eigenvalue weighted by Crippen LogP contribution is 2.36. The van der Waals surface area contributed by atoms with Crippen molar-refractivity contribution in [3.63, 3.8) is 0 Å². The lowest BCUT2D eigenvalue weighted by Gasteiger charge is -2.17. The number of rotatable bonds is 5. The third-order valence-corrected chi connectivity index (χ3v) is 3.14. The van der Waals surface area contributed by atoms with Gasteiger partial charge in [0.15, 0.2) is 6.10 Å². The molecule has 4 nitrogen and oxygen atoms in total. The number of carbonyl (C=O) groups excluding carboxylic acids is 1. The Hall–Kier alpha value is -2.33. The van der Waals surface area contributed by atoms with Gasteiger partial charge in [-0.3, -0.25) is 0 Å². The number of hydrogen-bond donors (Lipinski definition) is 1. The second kappa shape index (κ2) is 6.90. The second-order valence-corrected chi connectivity index (χ2v) is 4.45. The van der Waals surface area contributed by atoms with Crippen molar-refractivity contribution in [2.45, 2.75) is 13.0 Å². The third-order valence-electron chi connectivity index (χ3n) is 3.14. The lowest BCUT2D eigenvalue weighted by atomic mass is 9.98. The Morgan fingerprint density at radius 1 is 1.14 bits per heavy atom. The molecule has 1 atom stereocenters. The molecule has 0 saturated heterocycles. The molecular weight excluding hydrogens is 268 g/mol. The summed E-state index contributed by atoms with van der Waals surface area (Å²) in [4.78, 5) is 11.7. The summed E-state index contributed by atoms with van der Waals surface area (Å²) in [7, 11) is 1.52. The standard InChI is InChI=1S/C17H18O4/c1-3-21-17(19)15(18)14-11-7-10-13(16(14)20-2)12-8-5-4-6-9-12/h4-11,15,18H,3H2,1-2H3/t15-/m1/s1. The molecule has 0 amide bonds. The van der Waals surface area contributed by atoms with E-state index in [-0.39, 0.29) is 6.61 Å². The smallest absolute Gasteiger partial charge is 0.339 e. The van der Waals surface area contributed by atoms with Crippen LogP contribution in [0.5, 0.6) is 5.75 Å². The van der Waals surface area contributed by atoms with Crippen molar-refractivity contribution in [2.75, 3.05) is 13.7 Å². The quantitative estimate of drug-likeness (QED) is 0.859. The van der Waals surface area contributed by atoms with Gasteiger partial charge in [0.05, 0.1) is 13.7 Å². The minimum Gasteiger partial charge on any atom is -0.496 e. The van der Waals surface area contributed by atoms with Crippen LogP contribution in [0.1, 0.15) is 18.6 Å². The van der Waals surface area contributed by atoms with Gasteiger partial charge < -0.3 is 14.6 Å². The normalized spacial score (nSPS) is 11.8. The van der Waals surface area contributed by atoms with Crippen LogP contribution in [0.2, 0.25) is 0 Å². The van der Waals surface area contributed by atoms with Crippen molar-refractivity contribution in [3.05, 3.63) is 54.1 Å². The Bertz CT molecular complexity index is 607. The molecule has 2 aromatic rings. The van der Waals surface area contributed by atoms with Crippen LogP contribution >= 0.6 is 0 Å². The fourth-order valence-corrected chi connectivity index (χ4v) is 2.19. The van der Waals surface area contributed by atoms with Gasteiger partial charge in [-0.25, -0.2) is 4.79 Å². The molecule has 0 aliphatic heterocycles. The zero-order valence-electron chi connectivity index (χ0n) is 12.1. The number of ether oxygens (including phenoxy) is 2. The van der Waals surface area contributed by atoms with Crippen LogP contribution in [-0.4, -0.2) is 24.8 Å². The van der Waals surface area contributed by atoms with Gasteiger partial charge in [-0.05, 0) is 12.5 Å². The molecule has 0 aliphatic carbocycles. The molecule has 21 heavy (non-hydrogen) atoms. The Labute approximate surface area is 123 Å². The topological polar surface area (TPSA) is 55.8 Å². The first kappa shape index (κ1) is 15.1.